The third kappa shape index (κ3) is 2.77. The minimum absolute atomic E-state index is 0.0610. The summed E-state index contributed by atoms with van der Waals surface area (Å²) in [5, 5.41) is 0.266. The van der Waals surface area contributed by atoms with Gasteiger partial charge in [-0.1, -0.05) is 0 Å². The Hall–Kier alpha value is -1.11. The number of aromatic nitrogens is 1. The second-order valence-corrected chi connectivity index (χ2v) is 5.08. The van der Waals surface area contributed by atoms with Gasteiger partial charge in [-0.05, 0) is 12.8 Å². The van der Waals surface area contributed by atoms with Crippen LogP contribution >= 0.6 is 11.3 Å². The lowest BCUT2D eigenvalue weighted by Crippen LogP contribution is -2.30. The van der Waals surface area contributed by atoms with Crippen LogP contribution in [0.15, 0.2) is 0 Å². The van der Waals surface area contributed by atoms with E-state index < -0.39 is 12.7 Å². The number of fused-ring (bicyclic) bond motifs is 1. The second kappa shape index (κ2) is 4.29. The predicted molar refractivity (Wildman–Crippen MR) is 58.7 cm³/mol. The second-order valence-electron chi connectivity index (χ2n) is 4.02. The summed E-state index contributed by atoms with van der Waals surface area (Å²) < 4.78 is 36.7. The summed E-state index contributed by atoms with van der Waals surface area (Å²) in [6, 6.07) is 0. The average molecular weight is 264 g/mol. The van der Waals surface area contributed by atoms with Gasteiger partial charge in [0.1, 0.15) is 12.2 Å². The van der Waals surface area contributed by atoms with E-state index >= 15 is 0 Å². The molecule has 7 heteroatoms. The van der Waals surface area contributed by atoms with Crippen molar-refractivity contribution in [1.29, 1.82) is 0 Å². The maximum absolute atomic E-state index is 12.2. The molecular formula is C10H11F3N2OS. The molecule has 1 aliphatic rings. The van der Waals surface area contributed by atoms with Crippen LogP contribution < -0.4 is 4.90 Å². The number of halogens is 3. The maximum atomic E-state index is 12.2. The van der Waals surface area contributed by atoms with Crippen LogP contribution in [-0.4, -0.2) is 30.5 Å². The monoisotopic (exact) mass is 264 g/mol. The fraction of sp³-hybridized carbons (Fsp3) is 0.600. The molecule has 1 heterocycles. The van der Waals surface area contributed by atoms with Gasteiger partial charge in [-0.2, -0.15) is 13.2 Å². The molecule has 0 radical (unpaired) electrons. The number of anilines is 1. The molecule has 17 heavy (non-hydrogen) atoms. The largest absolute Gasteiger partial charge is 0.405 e. The molecule has 0 saturated carbocycles. The molecule has 0 amide bonds. The third-order valence-corrected chi connectivity index (χ3v) is 3.73. The number of nitrogens with zero attached hydrogens (tertiary/aromatic N) is 2. The van der Waals surface area contributed by atoms with Crippen molar-refractivity contribution in [2.45, 2.75) is 25.4 Å². The number of alkyl halides is 3. The highest BCUT2D eigenvalue weighted by Gasteiger charge is 2.31. The molecule has 1 aromatic heterocycles. The van der Waals surface area contributed by atoms with E-state index in [1.54, 1.807) is 0 Å². The lowest BCUT2D eigenvalue weighted by molar-refractivity contribution is -0.119. The molecule has 1 aromatic rings. The zero-order valence-electron chi connectivity index (χ0n) is 9.17. The van der Waals surface area contributed by atoms with Crippen molar-refractivity contribution >= 4 is 22.3 Å². The fourth-order valence-corrected chi connectivity index (χ4v) is 2.83. The molecule has 3 nitrogen and oxygen atoms in total. The normalized spacial score (nSPS) is 15.9. The van der Waals surface area contributed by atoms with E-state index in [2.05, 4.69) is 4.98 Å². The number of ketones is 1. The number of hydrogen-bond donors (Lipinski definition) is 0. The van der Waals surface area contributed by atoms with Crippen molar-refractivity contribution in [2.75, 3.05) is 18.5 Å². The molecule has 0 fully saturated rings. The Kier molecular flexibility index (Phi) is 3.11. The van der Waals surface area contributed by atoms with Gasteiger partial charge in [0.05, 0.1) is 0 Å². The zero-order chi connectivity index (χ0) is 12.6. The summed E-state index contributed by atoms with van der Waals surface area (Å²) in [6.45, 7) is -1.05. The molecule has 0 unspecified atom stereocenters. The Morgan fingerprint density at radius 2 is 2.12 bits per heavy atom. The van der Waals surface area contributed by atoms with Crippen LogP contribution in [0.4, 0.5) is 18.3 Å². The van der Waals surface area contributed by atoms with E-state index in [-0.39, 0.29) is 10.9 Å². The highest BCUT2D eigenvalue weighted by atomic mass is 32.1. The topological polar surface area (TPSA) is 33.2 Å². The molecule has 0 saturated heterocycles. The molecule has 0 spiro atoms. The van der Waals surface area contributed by atoms with Crippen LogP contribution in [0.3, 0.4) is 0 Å². The van der Waals surface area contributed by atoms with Crippen molar-refractivity contribution in [3.8, 4) is 0 Å². The van der Waals surface area contributed by atoms with Crippen LogP contribution in [-0.2, 0) is 6.42 Å². The predicted octanol–water partition coefficient (Wildman–Crippen LogP) is 2.66. The van der Waals surface area contributed by atoms with Crippen LogP contribution in [0.25, 0.3) is 0 Å². The first kappa shape index (κ1) is 12.3. The molecule has 94 valence electrons. The quantitative estimate of drug-likeness (QED) is 0.823. The summed E-state index contributed by atoms with van der Waals surface area (Å²) in [7, 11) is 1.34. The molecule has 2 rings (SSSR count). The van der Waals surface area contributed by atoms with E-state index in [1.165, 1.54) is 18.4 Å². The molecule has 0 aromatic carbocycles. The van der Waals surface area contributed by atoms with Crippen LogP contribution in [0.1, 0.15) is 28.2 Å². The van der Waals surface area contributed by atoms with Crippen LogP contribution in [0, 0.1) is 0 Å². The number of Topliss-reactive ketones (excluding diaryl/α,β-unsaturated/α-hetero) is 1. The number of aryl methyl sites for hydroxylation is 1. The van der Waals surface area contributed by atoms with Gasteiger partial charge >= 0.3 is 6.18 Å². The molecule has 1 aliphatic carbocycles. The van der Waals surface area contributed by atoms with Crippen molar-refractivity contribution < 1.29 is 18.0 Å². The van der Waals surface area contributed by atoms with Gasteiger partial charge in [0.25, 0.3) is 0 Å². The Bertz CT molecular complexity index is 441. The maximum Gasteiger partial charge on any atom is 0.405 e. The first-order chi connectivity index (χ1) is 7.87. The van der Waals surface area contributed by atoms with Crippen molar-refractivity contribution in [2.24, 2.45) is 0 Å². The molecular weight excluding hydrogens is 253 g/mol. The Balaban J connectivity index is 2.20. The Morgan fingerprint density at radius 1 is 1.41 bits per heavy atom. The number of carbonyl (C=O) groups excluding carboxylic acids is 1. The Labute approximate surface area is 100 Å². The van der Waals surface area contributed by atoms with E-state index in [1.807, 2.05) is 0 Å². The summed E-state index contributed by atoms with van der Waals surface area (Å²) in [5.74, 6) is -0.0610. The summed E-state index contributed by atoms with van der Waals surface area (Å²) in [4.78, 5) is 17.4. The molecule has 0 bridgehead atoms. The number of hydrogen-bond acceptors (Lipinski definition) is 4. The standard InChI is InChI=1S/C10H11F3N2OS/c1-15(5-10(11,12)13)9-14-8-6(16)3-2-4-7(8)17-9/h2-5H2,1H3. The highest BCUT2D eigenvalue weighted by molar-refractivity contribution is 7.16. The minimum Gasteiger partial charge on any atom is -0.342 e. The van der Waals surface area contributed by atoms with E-state index in [0.29, 0.717) is 12.1 Å². The average Bonchev–Trinajstić information content (AvgIpc) is 2.60. The SMILES string of the molecule is CN(CC(F)(F)F)c1nc2c(s1)CCCC2=O. The van der Waals surface area contributed by atoms with Crippen molar-refractivity contribution in [1.82, 2.24) is 4.98 Å². The highest BCUT2D eigenvalue weighted by Crippen LogP contribution is 2.32. The van der Waals surface area contributed by atoms with Gasteiger partial charge in [-0.15, -0.1) is 11.3 Å². The Morgan fingerprint density at radius 3 is 2.71 bits per heavy atom. The van der Waals surface area contributed by atoms with E-state index in [0.717, 1.165) is 22.6 Å². The smallest absolute Gasteiger partial charge is 0.342 e. The molecule has 0 atom stereocenters. The summed E-state index contributed by atoms with van der Waals surface area (Å²) >= 11 is 1.18. The number of rotatable bonds is 2. The fourth-order valence-electron chi connectivity index (χ4n) is 1.75. The van der Waals surface area contributed by atoms with Gasteiger partial charge in [0.2, 0.25) is 0 Å². The molecule has 0 N–H and O–H groups in total. The first-order valence-electron chi connectivity index (χ1n) is 5.17. The van der Waals surface area contributed by atoms with Crippen molar-refractivity contribution in [3.05, 3.63) is 10.6 Å². The summed E-state index contributed by atoms with van der Waals surface area (Å²) in [6.07, 6.45) is -2.32. The molecule has 0 aliphatic heterocycles. The van der Waals surface area contributed by atoms with E-state index in [9.17, 15) is 18.0 Å². The van der Waals surface area contributed by atoms with Gasteiger partial charge in [0.15, 0.2) is 10.9 Å². The minimum atomic E-state index is -4.26. The number of thiazole rings is 1. The van der Waals surface area contributed by atoms with Crippen molar-refractivity contribution in [3.63, 3.8) is 0 Å². The summed E-state index contributed by atoms with van der Waals surface area (Å²) in [5.41, 5.74) is 0.366. The van der Waals surface area contributed by atoms with E-state index in [4.69, 9.17) is 0 Å². The van der Waals surface area contributed by atoms with Crippen LogP contribution in [0.2, 0.25) is 0 Å². The van der Waals surface area contributed by atoms with Crippen LogP contribution in [0.5, 0.6) is 0 Å². The van der Waals surface area contributed by atoms with Gasteiger partial charge < -0.3 is 4.90 Å². The third-order valence-electron chi connectivity index (χ3n) is 2.50. The lowest BCUT2D eigenvalue weighted by atomic mass is 10.0. The van der Waals surface area contributed by atoms with Gasteiger partial charge in [0, 0.05) is 18.3 Å². The number of carbonyl (C=O) groups is 1. The van der Waals surface area contributed by atoms with Gasteiger partial charge in [-0.25, -0.2) is 4.98 Å². The first-order valence-corrected chi connectivity index (χ1v) is 5.99. The van der Waals surface area contributed by atoms with Gasteiger partial charge in [-0.3, -0.25) is 4.79 Å². The lowest BCUT2D eigenvalue weighted by Gasteiger charge is -2.17. The zero-order valence-corrected chi connectivity index (χ0v) is 9.99.